The summed E-state index contributed by atoms with van der Waals surface area (Å²) in [6.45, 7) is 7.33. The zero-order valence-corrected chi connectivity index (χ0v) is 17.7. The van der Waals surface area contributed by atoms with E-state index in [1.165, 1.54) is 29.8 Å². The number of aromatic hydroxyl groups is 2. The van der Waals surface area contributed by atoms with Gasteiger partial charge in [-0.05, 0) is 62.8 Å². The van der Waals surface area contributed by atoms with Gasteiger partial charge < -0.3 is 24.8 Å². The Balaban J connectivity index is 1.80. The van der Waals surface area contributed by atoms with Crippen LogP contribution in [0.3, 0.4) is 0 Å². The highest BCUT2D eigenvalue weighted by molar-refractivity contribution is 5.90. The first kappa shape index (κ1) is 22.6. The number of benzene rings is 1. The van der Waals surface area contributed by atoms with Gasteiger partial charge in [0.25, 0.3) is 0 Å². The summed E-state index contributed by atoms with van der Waals surface area (Å²) in [4.78, 5) is 24.5. The highest BCUT2D eigenvalue weighted by Gasteiger charge is 2.49. The van der Waals surface area contributed by atoms with E-state index in [1.54, 1.807) is 6.92 Å². The minimum absolute atomic E-state index is 0.167. The number of hydrogen-bond acceptors (Lipinski definition) is 7. The molecule has 0 radical (unpaired) electrons. The number of esters is 2. The van der Waals surface area contributed by atoms with Crippen LogP contribution in [-0.2, 0) is 19.1 Å². The smallest absolute Gasteiger partial charge is 0.333 e. The SMILES string of the molecule is C=C1CC([C@@H](OC(=O)/C=C/c2ccc(O)c(O)c2)[C@@](C)(O)[C@@H]2CC=C(C)CC2)OC1=O. The molecule has 1 aliphatic carbocycles. The molecule has 1 heterocycles. The summed E-state index contributed by atoms with van der Waals surface area (Å²) in [6.07, 6.45) is 5.12. The zero-order valence-electron chi connectivity index (χ0n) is 17.7. The number of allylic oxidation sites excluding steroid dienone is 2. The Labute approximate surface area is 181 Å². The predicted octanol–water partition coefficient (Wildman–Crippen LogP) is 3.39. The molecule has 0 bridgehead atoms. The van der Waals surface area contributed by atoms with Crippen molar-refractivity contribution in [1.29, 1.82) is 0 Å². The monoisotopic (exact) mass is 428 g/mol. The Hall–Kier alpha value is -3.06. The van der Waals surface area contributed by atoms with E-state index in [0.29, 0.717) is 12.0 Å². The van der Waals surface area contributed by atoms with Crippen LogP contribution in [0.1, 0.15) is 45.1 Å². The highest BCUT2D eigenvalue weighted by Crippen LogP contribution is 2.39. The summed E-state index contributed by atoms with van der Waals surface area (Å²) in [5, 5.41) is 30.4. The molecule has 7 heteroatoms. The van der Waals surface area contributed by atoms with Crippen molar-refractivity contribution in [3.63, 3.8) is 0 Å². The molecule has 1 unspecified atom stereocenters. The fraction of sp³-hybridized carbons (Fsp3) is 0.417. The van der Waals surface area contributed by atoms with Gasteiger partial charge in [0.05, 0.1) is 0 Å². The van der Waals surface area contributed by atoms with Crippen LogP contribution in [0.2, 0.25) is 0 Å². The summed E-state index contributed by atoms with van der Waals surface area (Å²) in [7, 11) is 0. The van der Waals surface area contributed by atoms with Gasteiger partial charge >= 0.3 is 11.9 Å². The second kappa shape index (κ2) is 8.98. The van der Waals surface area contributed by atoms with E-state index in [2.05, 4.69) is 12.7 Å². The summed E-state index contributed by atoms with van der Waals surface area (Å²) in [6, 6.07) is 4.12. The zero-order chi connectivity index (χ0) is 22.8. The van der Waals surface area contributed by atoms with Crippen LogP contribution in [0.25, 0.3) is 6.08 Å². The van der Waals surface area contributed by atoms with Crippen molar-refractivity contribution < 1.29 is 34.4 Å². The Morgan fingerprint density at radius 2 is 2.10 bits per heavy atom. The fourth-order valence-corrected chi connectivity index (χ4v) is 4.03. The lowest BCUT2D eigenvalue weighted by Gasteiger charge is -2.41. The molecule has 0 aromatic heterocycles. The number of cyclic esters (lactones) is 1. The van der Waals surface area contributed by atoms with E-state index < -0.39 is 29.7 Å². The van der Waals surface area contributed by atoms with Crippen molar-refractivity contribution in [3.05, 3.63) is 53.6 Å². The van der Waals surface area contributed by atoms with Crippen LogP contribution in [0.15, 0.2) is 48.1 Å². The predicted molar refractivity (Wildman–Crippen MR) is 114 cm³/mol. The second-order valence-corrected chi connectivity index (χ2v) is 8.44. The molecule has 0 amide bonds. The number of rotatable bonds is 6. The Bertz CT molecular complexity index is 925. The van der Waals surface area contributed by atoms with E-state index in [4.69, 9.17) is 9.47 Å². The molecule has 166 valence electrons. The van der Waals surface area contributed by atoms with Crippen LogP contribution < -0.4 is 0 Å². The van der Waals surface area contributed by atoms with Gasteiger partial charge in [-0.25, -0.2) is 9.59 Å². The third kappa shape index (κ3) is 5.17. The minimum Gasteiger partial charge on any atom is -0.504 e. The van der Waals surface area contributed by atoms with Gasteiger partial charge in [-0.1, -0.05) is 24.3 Å². The number of carbonyl (C=O) groups is 2. The van der Waals surface area contributed by atoms with Crippen molar-refractivity contribution in [2.24, 2.45) is 5.92 Å². The molecule has 0 spiro atoms. The maximum atomic E-state index is 12.6. The summed E-state index contributed by atoms with van der Waals surface area (Å²) in [5.41, 5.74) is 0.578. The highest BCUT2D eigenvalue weighted by atomic mass is 16.6. The molecular formula is C24H28O7. The van der Waals surface area contributed by atoms with Crippen molar-refractivity contribution in [2.75, 3.05) is 0 Å². The van der Waals surface area contributed by atoms with E-state index in [-0.39, 0.29) is 29.4 Å². The van der Waals surface area contributed by atoms with Gasteiger partial charge in [-0.15, -0.1) is 0 Å². The van der Waals surface area contributed by atoms with Crippen molar-refractivity contribution in [2.45, 2.75) is 57.3 Å². The molecule has 1 aromatic carbocycles. The molecule has 1 aliphatic heterocycles. The van der Waals surface area contributed by atoms with Crippen LogP contribution in [-0.4, -0.2) is 45.1 Å². The average molecular weight is 428 g/mol. The standard InChI is InChI=1S/C24H28O7/c1-14-4-8-17(9-5-14)24(3,29)22(20-12-15(2)23(28)30-20)31-21(27)11-7-16-6-10-18(25)19(26)13-16/h4,6-7,10-11,13,17,20,22,25-26,29H,2,5,8-9,12H2,1,3H3/b11-7+/t17-,20?,22-,24+/m1/s1. The van der Waals surface area contributed by atoms with Crippen LogP contribution >= 0.6 is 0 Å². The topological polar surface area (TPSA) is 113 Å². The third-order valence-corrected chi connectivity index (χ3v) is 6.03. The molecule has 3 rings (SSSR count). The summed E-state index contributed by atoms with van der Waals surface area (Å²) < 4.78 is 11.0. The lowest BCUT2D eigenvalue weighted by molar-refractivity contribution is -0.188. The fourth-order valence-electron chi connectivity index (χ4n) is 4.03. The van der Waals surface area contributed by atoms with Crippen LogP contribution in [0.5, 0.6) is 11.5 Å². The lowest BCUT2D eigenvalue weighted by Crippen LogP contribution is -2.54. The molecule has 2 aliphatic rings. The Morgan fingerprint density at radius 1 is 1.35 bits per heavy atom. The third-order valence-electron chi connectivity index (χ3n) is 6.03. The van der Waals surface area contributed by atoms with Crippen LogP contribution in [0, 0.1) is 5.92 Å². The summed E-state index contributed by atoms with van der Waals surface area (Å²) in [5.74, 6) is -2.03. The van der Waals surface area contributed by atoms with E-state index in [9.17, 15) is 24.9 Å². The molecule has 3 N–H and O–H groups in total. The van der Waals surface area contributed by atoms with Gasteiger partial charge in [0.2, 0.25) is 0 Å². The molecule has 1 fully saturated rings. The van der Waals surface area contributed by atoms with Gasteiger partial charge in [-0.3, -0.25) is 0 Å². The van der Waals surface area contributed by atoms with E-state index in [1.807, 2.05) is 6.92 Å². The molecule has 1 saturated heterocycles. The van der Waals surface area contributed by atoms with Gasteiger partial charge in [0.15, 0.2) is 17.6 Å². The van der Waals surface area contributed by atoms with Gasteiger partial charge in [-0.2, -0.15) is 0 Å². The number of ether oxygens (including phenoxy) is 2. The maximum absolute atomic E-state index is 12.6. The van der Waals surface area contributed by atoms with Gasteiger partial charge in [0, 0.05) is 18.1 Å². The van der Waals surface area contributed by atoms with Crippen LogP contribution in [0.4, 0.5) is 0 Å². The quantitative estimate of drug-likeness (QED) is 0.275. The lowest BCUT2D eigenvalue weighted by atomic mass is 9.74. The molecule has 0 saturated carbocycles. The minimum atomic E-state index is -1.42. The number of phenols is 2. The Morgan fingerprint density at radius 3 is 2.68 bits per heavy atom. The van der Waals surface area contributed by atoms with E-state index in [0.717, 1.165) is 18.9 Å². The average Bonchev–Trinajstić information content (AvgIpc) is 3.05. The number of hydrogen-bond donors (Lipinski definition) is 3. The second-order valence-electron chi connectivity index (χ2n) is 8.44. The molecule has 1 aromatic rings. The molecule has 4 atom stereocenters. The first-order valence-corrected chi connectivity index (χ1v) is 10.3. The summed E-state index contributed by atoms with van der Waals surface area (Å²) >= 11 is 0. The van der Waals surface area contributed by atoms with Crippen molar-refractivity contribution in [3.8, 4) is 11.5 Å². The molecular weight excluding hydrogens is 400 g/mol. The number of phenolic OH excluding ortho intramolecular Hbond substituents is 2. The molecule has 31 heavy (non-hydrogen) atoms. The molecule has 7 nitrogen and oxygen atoms in total. The van der Waals surface area contributed by atoms with Crippen molar-refractivity contribution in [1.82, 2.24) is 0 Å². The largest absolute Gasteiger partial charge is 0.504 e. The van der Waals surface area contributed by atoms with Gasteiger partial charge in [0.1, 0.15) is 11.7 Å². The first-order valence-electron chi connectivity index (χ1n) is 10.3. The van der Waals surface area contributed by atoms with Crippen molar-refractivity contribution >= 4 is 18.0 Å². The number of aliphatic hydroxyl groups is 1. The first-order chi connectivity index (χ1) is 14.6. The van der Waals surface area contributed by atoms with E-state index >= 15 is 0 Å². The Kier molecular flexibility index (Phi) is 6.55. The maximum Gasteiger partial charge on any atom is 0.333 e. The number of carbonyl (C=O) groups excluding carboxylic acids is 2. The normalized spacial score (nSPS) is 24.4.